The Balaban J connectivity index is 2.23. The van der Waals surface area contributed by atoms with E-state index in [0.29, 0.717) is 11.4 Å². The average Bonchev–Trinajstić information content (AvgIpc) is 2.51. The van der Waals surface area contributed by atoms with Gasteiger partial charge in [-0.3, -0.25) is 14.5 Å². The van der Waals surface area contributed by atoms with Gasteiger partial charge in [-0.1, -0.05) is 12.1 Å². The lowest BCUT2D eigenvalue weighted by molar-refractivity contribution is -0.120. The van der Waals surface area contributed by atoms with E-state index in [2.05, 4.69) is 5.32 Å². The normalized spacial score (nSPS) is 10.3. The molecule has 0 radical (unpaired) electrons. The van der Waals surface area contributed by atoms with Crippen molar-refractivity contribution in [2.75, 3.05) is 23.9 Å². The van der Waals surface area contributed by atoms with Crippen molar-refractivity contribution in [3.63, 3.8) is 0 Å². The summed E-state index contributed by atoms with van der Waals surface area (Å²) in [6, 6.07) is 11.4. The van der Waals surface area contributed by atoms with E-state index in [-0.39, 0.29) is 18.4 Å². The van der Waals surface area contributed by atoms with Crippen LogP contribution in [0.25, 0.3) is 0 Å². The molecule has 1 N–H and O–H groups in total. The lowest BCUT2D eigenvalue weighted by Gasteiger charge is -2.23. The summed E-state index contributed by atoms with van der Waals surface area (Å²) in [5.41, 5.74) is 4.43. The predicted octanol–water partition coefficient (Wildman–Crippen LogP) is 3.61. The Morgan fingerprint density at radius 3 is 2.20 bits per heavy atom. The minimum absolute atomic E-state index is 0.0812. The lowest BCUT2D eigenvalue weighted by Crippen LogP contribution is -2.37. The summed E-state index contributed by atoms with van der Waals surface area (Å²) in [6.07, 6.45) is 0. The molecule has 0 aliphatic carbocycles. The number of hydrogen-bond donors (Lipinski definition) is 1. The van der Waals surface area contributed by atoms with Gasteiger partial charge in [0.25, 0.3) is 0 Å². The molecule has 0 aliphatic heterocycles. The van der Waals surface area contributed by atoms with Crippen LogP contribution in [0.2, 0.25) is 0 Å². The molecule has 132 valence electrons. The molecule has 0 saturated carbocycles. The number of carbonyl (C=O) groups is 2. The number of rotatable bonds is 5. The van der Waals surface area contributed by atoms with E-state index < -0.39 is 0 Å². The number of nitrogens with one attached hydrogen (secondary N) is 1. The summed E-state index contributed by atoms with van der Waals surface area (Å²) in [5, 5.41) is 2.86. The number of carbonyl (C=O) groups excluding carboxylic acids is 2. The molecule has 0 fully saturated rings. The van der Waals surface area contributed by atoms with E-state index in [1.807, 2.05) is 51.1 Å². The van der Waals surface area contributed by atoms with Crippen molar-refractivity contribution in [1.82, 2.24) is 0 Å². The van der Waals surface area contributed by atoms with Crippen LogP contribution in [-0.4, -0.2) is 25.5 Å². The van der Waals surface area contributed by atoms with Crippen LogP contribution < -0.4 is 15.0 Å². The Kier molecular flexibility index (Phi) is 5.80. The van der Waals surface area contributed by atoms with Crippen molar-refractivity contribution in [1.29, 1.82) is 0 Å². The first kappa shape index (κ1) is 18.5. The molecule has 0 atom stereocenters. The largest absolute Gasteiger partial charge is 0.495 e. The zero-order valence-corrected chi connectivity index (χ0v) is 15.3. The second-order valence-corrected chi connectivity index (χ2v) is 6.21. The molecule has 2 aromatic rings. The zero-order valence-electron chi connectivity index (χ0n) is 15.3. The molecule has 2 rings (SSSR count). The number of nitrogens with zero attached hydrogens (tertiary/aromatic N) is 1. The number of methoxy groups -OCH3 is 1. The first-order chi connectivity index (χ1) is 11.8. The first-order valence-corrected chi connectivity index (χ1v) is 8.11. The monoisotopic (exact) mass is 340 g/mol. The van der Waals surface area contributed by atoms with Gasteiger partial charge in [-0.05, 0) is 61.7 Å². The van der Waals surface area contributed by atoms with E-state index >= 15 is 0 Å². The van der Waals surface area contributed by atoms with Gasteiger partial charge in [0.2, 0.25) is 11.8 Å². The molecule has 2 aromatic carbocycles. The van der Waals surface area contributed by atoms with Crippen molar-refractivity contribution >= 4 is 23.2 Å². The summed E-state index contributed by atoms with van der Waals surface area (Å²) in [5.74, 6) is 0.0724. The molecular formula is C20H24N2O3. The van der Waals surface area contributed by atoms with E-state index in [0.717, 1.165) is 22.4 Å². The highest BCUT2D eigenvalue weighted by Gasteiger charge is 2.20. The fourth-order valence-electron chi connectivity index (χ4n) is 2.77. The highest BCUT2D eigenvalue weighted by molar-refractivity contribution is 6.02. The molecule has 0 spiro atoms. The van der Waals surface area contributed by atoms with Gasteiger partial charge in [-0.25, -0.2) is 0 Å². The standard InChI is InChI=1S/C20H24N2O3/c1-13-6-7-19(25-5)18(11-13)22(16(4)23)12-20(24)21-17-9-14(2)8-15(3)10-17/h6-11H,12H2,1-5H3,(H,21,24). The van der Waals surface area contributed by atoms with Crippen molar-refractivity contribution in [3.05, 3.63) is 53.1 Å². The molecule has 5 nitrogen and oxygen atoms in total. The van der Waals surface area contributed by atoms with Crippen LogP contribution in [0.1, 0.15) is 23.6 Å². The smallest absolute Gasteiger partial charge is 0.244 e. The van der Waals surface area contributed by atoms with Gasteiger partial charge in [0.1, 0.15) is 12.3 Å². The highest BCUT2D eigenvalue weighted by Crippen LogP contribution is 2.29. The van der Waals surface area contributed by atoms with E-state index in [9.17, 15) is 9.59 Å². The molecule has 0 heterocycles. The summed E-state index contributed by atoms with van der Waals surface area (Å²) in [6.45, 7) is 7.23. The van der Waals surface area contributed by atoms with Crippen molar-refractivity contribution < 1.29 is 14.3 Å². The van der Waals surface area contributed by atoms with Crippen LogP contribution in [0, 0.1) is 20.8 Å². The fraction of sp³-hybridized carbons (Fsp3) is 0.300. The molecule has 5 heteroatoms. The molecule has 0 aromatic heterocycles. The topological polar surface area (TPSA) is 58.6 Å². The molecule has 0 saturated heterocycles. The predicted molar refractivity (Wildman–Crippen MR) is 100 cm³/mol. The van der Waals surface area contributed by atoms with Gasteiger partial charge in [0, 0.05) is 12.6 Å². The summed E-state index contributed by atoms with van der Waals surface area (Å²) in [7, 11) is 1.54. The third-order valence-corrected chi connectivity index (χ3v) is 3.81. The highest BCUT2D eigenvalue weighted by atomic mass is 16.5. The minimum atomic E-state index is -0.260. The van der Waals surface area contributed by atoms with Crippen LogP contribution in [0.5, 0.6) is 5.75 Å². The number of aryl methyl sites for hydroxylation is 3. The number of benzene rings is 2. The van der Waals surface area contributed by atoms with Gasteiger partial charge >= 0.3 is 0 Å². The molecule has 2 amide bonds. The minimum Gasteiger partial charge on any atom is -0.495 e. The van der Waals surface area contributed by atoms with Crippen molar-refractivity contribution in [2.45, 2.75) is 27.7 Å². The molecule has 0 unspecified atom stereocenters. The summed E-state index contributed by atoms with van der Waals surface area (Å²) < 4.78 is 5.34. The fourth-order valence-corrected chi connectivity index (χ4v) is 2.77. The Bertz CT molecular complexity index is 779. The quantitative estimate of drug-likeness (QED) is 0.904. The second kappa shape index (κ2) is 7.83. The van der Waals surface area contributed by atoms with Gasteiger partial charge in [0.05, 0.1) is 12.8 Å². The maximum absolute atomic E-state index is 12.5. The Morgan fingerprint density at radius 2 is 1.64 bits per heavy atom. The molecule has 0 bridgehead atoms. The van der Waals surface area contributed by atoms with Crippen molar-refractivity contribution in [3.8, 4) is 5.75 Å². The maximum Gasteiger partial charge on any atom is 0.244 e. The van der Waals surface area contributed by atoms with Crippen LogP contribution in [-0.2, 0) is 9.59 Å². The number of amides is 2. The van der Waals surface area contributed by atoms with Crippen LogP contribution >= 0.6 is 0 Å². The summed E-state index contributed by atoms with van der Waals surface area (Å²) >= 11 is 0. The third kappa shape index (κ3) is 4.83. The number of ether oxygens (including phenoxy) is 1. The Labute approximate surface area is 148 Å². The Hall–Kier alpha value is -2.82. The van der Waals surface area contributed by atoms with E-state index in [1.54, 1.807) is 13.2 Å². The molecule has 0 aliphatic rings. The molecular weight excluding hydrogens is 316 g/mol. The SMILES string of the molecule is COc1ccc(C)cc1N(CC(=O)Nc1cc(C)cc(C)c1)C(C)=O. The van der Waals surface area contributed by atoms with Gasteiger partial charge in [0.15, 0.2) is 0 Å². The van der Waals surface area contributed by atoms with Crippen LogP contribution in [0.4, 0.5) is 11.4 Å². The maximum atomic E-state index is 12.5. The zero-order chi connectivity index (χ0) is 18.6. The summed E-state index contributed by atoms with van der Waals surface area (Å²) in [4.78, 5) is 26.0. The number of anilines is 2. The van der Waals surface area contributed by atoms with Gasteiger partial charge in [-0.15, -0.1) is 0 Å². The number of hydrogen-bond acceptors (Lipinski definition) is 3. The van der Waals surface area contributed by atoms with Crippen molar-refractivity contribution in [2.24, 2.45) is 0 Å². The van der Waals surface area contributed by atoms with E-state index in [4.69, 9.17) is 4.74 Å². The van der Waals surface area contributed by atoms with Crippen LogP contribution in [0.15, 0.2) is 36.4 Å². The Morgan fingerprint density at radius 1 is 1.00 bits per heavy atom. The van der Waals surface area contributed by atoms with E-state index in [1.165, 1.54) is 11.8 Å². The third-order valence-electron chi connectivity index (χ3n) is 3.81. The molecule has 25 heavy (non-hydrogen) atoms. The average molecular weight is 340 g/mol. The van der Waals surface area contributed by atoms with Crippen LogP contribution in [0.3, 0.4) is 0 Å². The van der Waals surface area contributed by atoms with Gasteiger partial charge in [-0.2, -0.15) is 0 Å². The lowest BCUT2D eigenvalue weighted by atomic mass is 10.1. The van der Waals surface area contributed by atoms with Gasteiger partial charge < -0.3 is 10.1 Å². The first-order valence-electron chi connectivity index (χ1n) is 8.11. The second-order valence-electron chi connectivity index (χ2n) is 6.21.